The maximum Gasteiger partial charge on any atom is 0.242 e. The van der Waals surface area contributed by atoms with E-state index in [1.54, 1.807) is 0 Å². The highest BCUT2D eigenvalue weighted by molar-refractivity contribution is 9.10. The molecule has 4 nitrogen and oxygen atoms in total. The number of aromatic nitrogens is 2. The van der Waals surface area contributed by atoms with Gasteiger partial charge in [-0.2, -0.15) is 0 Å². The van der Waals surface area contributed by atoms with Crippen molar-refractivity contribution in [2.45, 2.75) is 6.54 Å². The van der Waals surface area contributed by atoms with E-state index in [4.69, 9.17) is 22.1 Å². The highest BCUT2D eigenvalue weighted by atomic mass is 79.9. The summed E-state index contributed by atoms with van der Waals surface area (Å²) in [6.45, 7) is 0.177. The third-order valence-electron chi connectivity index (χ3n) is 2.11. The largest absolute Gasteiger partial charge is 0.436 e. The zero-order valence-electron chi connectivity index (χ0n) is 9.03. The molecule has 0 spiro atoms. The molecular weight excluding hydrogens is 324 g/mol. The summed E-state index contributed by atoms with van der Waals surface area (Å²) in [4.78, 5) is 8.01. The summed E-state index contributed by atoms with van der Waals surface area (Å²) in [6, 6.07) is 2.58. The summed E-state index contributed by atoms with van der Waals surface area (Å²) in [5, 5.41) is 0.00687. The van der Waals surface area contributed by atoms with E-state index in [2.05, 4.69) is 25.9 Å². The van der Waals surface area contributed by atoms with Gasteiger partial charge in [-0.3, -0.25) is 4.98 Å². The van der Waals surface area contributed by atoms with Crippen molar-refractivity contribution in [2.24, 2.45) is 5.73 Å². The minimum atomic E-state index is -0.576. The zero-order chi connectivity index (χ0) is 13.1. The van der Waals surface area contributed by atoms with E-state index in [0.29, 0.717) is 10.2 Å². The van der Waals surface area contributed by atoms with Crippen molar-refractivity contribution in [3.05, 3.63) is 45.5 Å². The standard InChI is InChI=1S/C11H8BrClFN3O/c12-6-3-7(13)8(14)4-10(6)18-11-9(5-15)16-1-2-17-11/h1-4H,5,15H2. The van der Waals surface area contributed by atoms with Crippen molar-refractivity contribution < 1.29 is 9.13 Å². The molecule has 2 rings (SSSR count). The van der Waals surface area contributed by atoms with E-state index < -0.39 is 5.82 Å². The highest BCUT2D eigenvalue weighted by Crippen LogP contribution is 2.33. The SMILES string of the molecule is NCc1nccnc1Oc1cc(F)c(Cl)cc1Br. The van der Waals surface area contributed by atoms with Gasteiger partial charge in [0.1, 0.15) is 17.3 Å². The van der Waals surface area contributed by atoms with Crippen LogP contribution in [0.15, 0.2) is 29.0 Å². The van der Waals surface area contributed by atoms with E-state index in [1.165, 1.54) is 24.5 Å². The van der Waals surface area contributed by atoms with Gasteiger partial charge in [0.25, 0.3) is 0 Å². The number of benzene rings is 1. The average Bonchev–Trinajstić information content (AvgIpc) is 2.36. The topological polar surface area (TPSA) is 61.0 Å². The molecule has 0 unspecified atom stereocenters. The van der Waals surface area contributed by atoms with E-state index in [0.717, 1.165) is 0 Å². The Bertz CT molecular complexity index is 582. The predicted molar refractivity (Wildman–Crippen MR) is 69.1 cm³/mol. The number of nitrogens with two attached hydrogens (primary N) is 1. The first-order valence-electron chi connectivity index (χ1n) is 4.94. The molecule has 1 heterocycles. The lowest BCUT2D eigenvalue weighted by Gasteiger charge is -2.09. The summed E-state index contributed by atoms with van der Waals surface area (Å²) in [5.74, 6) is -0.0809. The van der Waals surface area contributed by atoms with Crippen LogP contribution in [0.5, 0.6) is 11.6 Å². The lowest BCUT2D eigenvalue weighted by molar-refractivity contribution is 0.445. The molecule has 0 fully saturated rings. The van der Waals surface area contributed by atoms with Gasteiger partial charge < -0.3 is 10.5 Å². The van der Waals surface area contributed by atoms with Gasteiger partial charge in [-0.15, -0.1) is 0 Å². The summed E-state index contributed by atoms with van der Waals surface area (Å²) >= 11 is 8.87. The van der Waals surface area contributed by atoms with Crippen molar-refractivity contribution in [1.29, 1.82) is 0 Å². The Hall–Kier alpha value is -1.24. The first-order chi connectivity index (χ1) is 8.61. The molecular formula is C11H8BrClFN3O. The zero-order valence-corrected chi connectivity index (χ0v) is 11.4. The van der Waals surface area contributed by atoms with Gasteiger partial charge in [0.2, 0.25) is 5.88 Å². The molecule has 1 aromatic carbocycles. The monoisotopic (exact) mass is 331 g/mol. The maximum absolute atomic E-state index is 13.4. The van der Waals surface area contributed by atoms with Crippen LogP contribution in [-0.4, -0.2) is 9.97 Å². The number of halogens is 3. The van der Waals surface area contributed by atoms with Crippen LogP contribution in [0.3, 0.4) is 0 Å². The number of ether oxygens (including phenoxy) is 1. The fourth-order valence-corrected chi connectivity index (χ4v) is 1.99. The second-order valence-corrected chi connectivity index (χ2v) is 4.57. The Kier molecular flexibility index (Phi) is 4.11. The summed E-state index contributed by atoms with van der Waals surface area (Å²) in [6.07, 6.45) is 2.97. The van der Waals surface area contributed by atoms with Gasteiger partial charge in [0.05, 0.1) is 9.50 Å². The van der Waals surface area contributed by atoms with E-state index >= 15 is 0 Å². The molecule has 0 aliphatic rings. The Morgan fingerprint density at radius 3 is 2.78 bits per heavy atom. The molecule has 0 amide bonds. The number of rotatable bonds is 3. The van der Waals surface area contributed by atoms with Crippen LogP contribution >= 0.6 is 27.5 Å². The van der Waals surface area contributed by atoms with Crippen molar-refractivity contribution >= 4 is 27.5 Å². The lowest BCUT2D eigenvalue weighted by Crippen LogP contribution is -2.03. The number of nitrogens with zero attached hydrogens (tertiary/aromatic N) is 2. The van der Waals surface area contributed by atoms with Crippen LogP contribution in [0.4, 0.5) is 4.39 Å². The van der Waals surface area contributed by atoms with Crippen molar-refractivity contribution in [3.8, 4) is 11.6 Å². The van der Waals surface area contributed by atoms with Crippen LogP contribution in [0.1, 0.15) is 5.69 Å². The highest BCUT2D eigenvalue weighted by Gasteiger charge is 2.12. The third kappa shape index (κ3) is 2.77. The molecule has 0 aliphatic carbocycles. The summed E-state index contributed by atoms with van der Waals surface area (Å²) in [7, 11) is 0. The second kappa shape index (κ2) is 5.60. The van der Waals surface area contributed by atoms with E-state index in [-0.39, 0.29) is 23.2 Å². The first-order valence-corrected chi connectivity index (χ1v) is 6.11. The smallest absolute Gasteiger partial charge is 0.242 e. The fourth-order valence-electron chi connectivity index (χ4n) is 1.27. The molecule has 94 valence electrons. The molecule has 0 saturated carbocycles. The normalized spacial score (nSPS) is 10.4. The Balaban J connectivity index is 2.37. The molecule has 0 bridgehead atoms. The molecule has 0 aliphatic heterocycles. The molecule has 1 aromatic heterocycles. The van der Waals surface area contributed by atoms with Crippen LogP contribution in [0.25, 0.3) is 0 Å². The Morgan fingerprint density at radius 1 is 1.33 bits per heavy atom. The molecule has 7 heteroatoms. The maximum atomic E-state index is 13.4. The molecule has 2 N–H and O–H groups in total. The van der Waals surface area contributed by atoms with Gasteiger partial charge in [-0.1, -0.05) is 11.6 Å². The van der Waals surface area contributed by atoms with Crippen LogP contribution < -0.4 is 10.5 Å². The van der Waals surface area contributed by atoms with E-state index in [9.17, 15) is 4.39 Å². The van der Waals surface area contributed by atoms with Gasteiger partial charge in [0.15, 0.2) is 0 Å². The summed E-state index contributed by atoms with van der Waals surface area (Å²) in [5.41, 5.74) is 5.99. The van der Waals surface area contributed by atoms with Crippen molar-refractivity contribution in [1.82, 2.24) is 9.97 Å². The Labute approximate surface area is 116 Å². The minimum Gasteiger partial charge on any atom is -0.436 e. The third-order valence-corrected chi connectivity index (χ3v) is 3.02. The number of hydrogen-bond donors (Lipinski definition) is 1. The molecule has 0 atom stereocenters. The van der Waals surface area contributed by atoms with Crippen LogP contribution in [0.2, 0.25) is 5.02 Å². The van der Waals surface area contributed by atoms with Crippen LogP contribution in [0, 0.1) is 5.82 Å². The quantitative estimate of drug-likeness (QED) is 0.876. The molecule has 2 aromatic rings. The van der Waals surface area contributed by atoms with Gasteiger partial charge in [-0.05, 0) is 22.0 Å². The average molecular weight is 333 g/mol. The second-order valence-electron chi connectivity index (χ2n) is 3.31. The fraction of sp³-hybridized carbons (Fsp3) is 0.0909. The van der Waals surface area contributed by atoms with E-state index in [1.807, 2.05) is 0 Å². The molecule has 0 radical (unpaired) electrons. The van der Waals surface area contributed by atoms with Crippen LogP contribution in [-0.2, 0) is 6.54 Å². The Morgan fingerprint density at radius 2 is 2.06 bits per heavy atom. The summed E-state index contributed by atoms with van der Waals surface area (Å²) < 4.78 is 19.3. The predicted octanol–water partition coefficient (Wildman–Crippen LogP) is 3.28. The van der Waals surface area contributed by atoms with Gasteiger partial charge >= 0.3 is 0 Å². The van der Waals surface area contributed by atoms with Gasteiger partial charge in [-0.25, -0.2) is 9.37 Å². The molecule has 0 saturated heterocycles. The van der Waals surface area contributed by atoms with Gasteiger partial charge in [0, 0.05) is 25.0 Å². The molecule has 18 heavy (non-hydrogen) atoms. The first kappa shape index (κ1) is 13.2. The van der Waals surface area contributed by atoms with Crippen molar-refractivity contribution in [3.63, 3.8) is 0 Å². The number of hydrogen-bond acceptors (Lipinski definition) is 4. The lowest BCUT2D eigenvalue weighted by atomic mass is 10.3. The minimum absolute atomic E-state index is 0.00687. The van der Waals surface area contributed by atoms with Crippen molar-refractivity contribution in [2.75, 3.05) is 0 Å².